The Balaban J connectivity index is 1.77. The summed E-state index contributed by atoms with van der Waals surface area (Å²) >= 11 is 0. The van der Waals surface area contributed by atoms with Crippen molar-refractivity contribution in [3.05, 3.63) is 12.2 Å². The largest absolute Gasteiger partial charge is 0.479 e. The molecule has 0 bridgehead atoms. The molecule has 0 aromatic carbocycles. The molecule has 24 heavy (non-hydrogen) atoms. The third-order valence-corrected chi connectivity index (χ3v) is 5.50. The summed E-state index contributed by atoms with van der Waals surface area (Å²) in [7, 11) is 0. The van der Waals surface area contributed by atoms with E-state index in [1.54, 1.807) is 4.90 Å². The summed E-state index contributed by atoms with van der Waals surface area (Å²) in [6, 6.07) is -0.510. The first-order chi connectivity index (χ1) is 11.5. The molecule has 0 aromatic rings. The van der Waals surface area contributed by atoms with Gasteiger partial charge in [-0.2, -0.15) is 0 Å². The van der Waals surface area contributed by atoms with Crippen molar-refractivity contribution in [1.29, 1.82) is 0 Å². The Morgan fingerprint density at radius 1 is 1.21 bits per heavy atom. The van der Waals surface area contributed by atoms with Gasteiger partial charge < -0.3 is 15.3 Å². The van der Waals surface area contributed by atoms with E-state index < -0.39 is 17.6 Å². The fourth-order valence-corrected chi connectivity index (χ4v) is 3.90. The summed E-state index contributed by atoms with van der Waals surface area (Å²) in [6.45, 7) is 0.598. The SMILES string of the molecule is O=C1N[C@]2(C(=O)O)C[C@H]2/C=C\CCCCCCC(=O)N2CCC[C@@H]12. The monoisotopic (exact) mass is 334 g/mol. The number of aliphatic carboxylic acids is 1. The van der Waals surface area contributed by atoms with Gasteiger partial charge in [0.05, 0.1) is 0 Å². The third kappa shape index (κ3) is 3.32. The van der Waals surface area contributed by atoms with Crippen LogP contribution in [0.4, 0.5) is 0 Å². The zero-order valence-electron chi connectivity index (χ0n) is 14.0. The number of fused-ring (bicyclic) bond motifs is 2. The number of hydrogen-bond acceptors (Lipinski definition) is 3. The van der Waals surface area contributed by atoms with Crippen molar-refractivity contribution >= 4 is 17.8 Å². The van der Waals surface area contributed by atoms with Crippen LogP contribution in [0.25, 0.3) is 0 Å². The van der Waals surface area contributed by atoms with Crippen molar-refractivity contribution < 1.29 is 19.5 Å². The Kier molecular flexibility index (Phi) is 4.92. The number of nitrogens with zero attached hydrogens (tertiary/aromatic N) is 1. The van der Waals surface area contributed by atoms with Crippen molar-refractivity contribution in [3.63, 3.8) is 0 Å². The Labute approximate surface area is 142 Å². The van der Waals surface area contributed by atoms with Crippen LogP contribution < -0.4 is 5.32 Å². The lowest BCUT2D eigenvalue weighted by atomic mass is 10.1. The molecule has 2 heterocycles. The van der Waals surface area contributed by atoms with Crippen LogP contribution in [-0.4, -0.2) is 45.9 Å². The Morgan fingerprint density at radius 3 is 2.79 bits per heavy atom. The van der Waals surface area contributed by atoms with E-state index in [0.29, 0.717) is 25.8 Å². The highest BCUT2D eigenvalue weighted by molar-refractivity contribution is 5.94. The van der Waals surface area contributed by atoms with E-state index in [4.69, 9.17) is 0 Å². The number of amides is 2. The predicted molar refractivity (Wildman–Crippen MR) is 88.2 cm³/mol. The zero-order chi connectivity index (χ0) is 17.2. The van der Waals surface area contributed by atoms with Crippen molar-refractivity contribution in [2.45, 2.75) is 69.4 Å². The molecule has 1 aliphatic carbocycles. The Hall–Kier alpha value is -1.85. The molecule has 2 aliphatic heterocycles. The summed E-state index contributed by atoms with van der Waals surface area (Å²) in [5, 5.41) is 12.3. The second-order valence-electron chi connectivity index (χ2n) is 7.20. The van der Waals surface area contributed by atoms with Crippen LogP contribution in [-0.2, 0) is 14.4 Å². The maximum atomic E-state index is 12.6. The number of carbonyl (C=O) groups excluding carboxylic acids is 2. The normalized spacial score (nSPS) is 35.9. The lowest BCUT2D eigenvalue weighted by Gasteiger charge is -2.26. The zero-order valence-corrected chi connectivity index (χ0v) is 14.0. The van der Waals surface area contributed by atoms with E-state index in [9.17, 15) is 19.5 Å². The first kappa shape index (κ1) is 17.0. The molecular formula is C18H26N2O4. The summed E-state index contributed by atoms with van der Waals surface area (Å²) in [4.78, 5) is 38.4. The van der Waals surface area contributed by atoms with Crippen molar-refractivity contribution in [2.75, 3.05) is 6.54 Å². The summed E-state index contributed by atoms with van der Waals surface area (Å²) in [6.07, 6.45) is 11.2. The number of nitrogens with one attached hydrogen (secondary N) is 1. The quantitative estimate of drug-likeness (QED) is 0.717. The van der Waals surface area contributed by atoms with Crippen molar-refractivity contribution in [1.82, 2.24) is 10.2 Å². The lowest BCUT2D eigenvalue weighted by molar-refractivity contribution is -0.145. The van der Waals surface area contributed by atoms with Crippen molar-refractivity contribution in [2.24, 2.45) is 5.92 Å². The average Bonchev–Trinajstić information content (AvgIpc) is 3.02. The molecule has 2 amide bonds. The van der Waals surface area contributed by atoms with E-state index in [-0.39, 0.29) is 17.7 Å². The van der Waals surface area contributed by atoms with Gasteiger partial charge in [-0.1, -0.05) is 25.0 Å². The standard InChI is InChI=1S/C18H26N2O4/c21-15-10-6-4-2-1-3-5-8-13-12-18(13,17(23)24)19-16(22)14-9-7-11-20(14)15/h5,8,13-14H,1-4,6-7,9-12H2,(H,19,22)(H,23,24)/b8-5-/t13-,14+,18-/m1/s1. The minimum Gasteiger partial charge on any atom is -0.479 e. The number of rotatable bonds is 1. The number of carboxylic acids is 1. The highest BCUT2D eigenvalue weighted by Crippen LogP contribution is 2.45. The maximum Gasteiger partial charge on any atom is 0.330 e. The van der Waals surface area contributed by atoms with Gasteiger partial charge >= 0.3 is 5.97 Å². The molecule has 6 nitrogen and oxygen atoms in total. The number of hydrogen-bond donors (Lipinski definition) is 2. The fraction of sp³-hybridized carbons (Fsp3) is 0.722. The van der Waals surface area contributed by atoms with E-state index in [1.165, 1.54) is 0 Å². The first-order valence-electron chi connectivity index (χ1n) is 9.06. The van der Waals surface area contributed by atoms with Gasteiger partial charge in [-0.25, -0.2) is 4.79 Å². The predicted octanol–water partition coefficient (Wildman–Crippen LogP) is 1.85. The van der Waals surface area contributed by atoms with Crippen LogP contribution in [0, 0.1) is 5.92 Å². The van der Waals surface area contributed by atoms with E-state index in [0.717, 1.165) is 38.5 Å². The molecule has 1 saturated carbocycles. The molecule has 1 saturated heterocycles. The molecule has 132 valence electrons. The summed E-state index contributed by atoms with van der Waals surface area (Å²) < 4.78 is 0. The van der Waals surface area contributed by atoms with Gasteiger partial charge in [-0.3, -0.25) is 9.59 Å². The maximum absolute atomic E-state index is 12.6. The molecule has 0 radical (unpaired) electrons. The van der Waals surface area contributed by atoms with Crippen LogP contribution >= 0.6 is 0 Å². The topological polar surface area (TPSA) is 86.7 Å². The molecule has 3 aliphatic rings. The summed E-state index contributed by atoms with van der Waals surface area (Å²) in [5.74, 6) is -1.41. The van der Waals surface area contributed by atoms with Crippen LogP contribution in [0.5, 0.6) is 0 Å². The Bertz CT molecular complexity index is 559. The molecule has 2 N–H and O–H groups in total. The molecule has 0 unspecified atom stereocenters. The second-order valence-corrected chi connectivity index (χ2v) is 7.20. The van der Waals surface area contributed by atoms with Crippen LogP contribution in [0.3, 0.4) is 0 Å². The van der Waals surface area contributed by atoms with Crippen LogP contribution in [0.15, 0.2) is 12.2 Å². The highest BCUT2D eigenvalue weighted by atomic mass is 16.4. The third-order valence-electron chi connectivity index (χ3n) is 5.50. The average molecular weight is 334 g/mol. The van der Waals surface area contributed by atoms with Crippen LogP contribution in [0.1, 0.15) is 57.8 Å². The van der Waals surface area contributed by atoms with Gasteiger partial charge in [-0.15, -0.1) is 0 Å². The molecule has 3 atom stereocenters. The molecule has 2 fully saturated rings. The van der Waals surface area contributed by atoms with Gasteiger partial charge in [-0.05, 0) is 38.5 Å². The van der Waals surface area contributed by atoms with Gasteiger partial charge in [0, 0.05) is 18.9 Å². The Morgan fingerprint density at radius 2 is 2.00 bits per heavy atom. The van der Waals surface area contributed by atoms with Gasteiger partial charge in [0.15, 0.2) is 0 Å². The summed E-state index contributed by atoms with van der Waals surface area (Å²) in [5.41, 5.74) is -1.18. The molecule has 0 spiro atoms. The minimum atomic E-state index is -1.18. The number of carboxylic acid groups (broad SMARTS) is 1. The van der Waals surface area contributed by atoms with E-state index in [1.807, 2.05) is 12.2 Å². The number of allylic oxidation sites excluding steroid dienone is 1. The van der Waals surface area contributed by atoms with E-state index >= 15 is 0 Å². The van der Waals surface area contributed by atoms with Crippen molar-refractivity contribution in [3.8, 4) is 0 Å². The molecule has 3 rings (SSSR count). The van der Waals surface area contributed by atoms with E-state index in [2.05, 4.69) is 5.32 Å². The van der Waals surface area contributed by atoms with Gasteiger partial charge in [0.25, 0.3) is 0 Å². The highest BCUT2D eigenvalue weighted by Gasteiger charge is 2.61. The van der Waals surface area contributed by atoms with Gasteiger partial charge in [0.2, 0.25) is 11.8 Å². The number of carbonyl (C=O) groups is 3. The molecular weight excluding hydrogens is 308 g/mol. The molecule has 0 aromatic heterocycles. The smallest absolute Gasteiger partial charge is 0.330 e. The fourth-order valence-electron chi connectivity index (χ4n) is 3.90. The molecule has 6 heteroatoms. The second kappa shape index (κ2) is 6.95. The first-order valence-corrected chi connectivity index (χ1v) is 9.06. The lowest BCUT2D eigenvalue weighted by Crippen LogP contribution is -2.53. The van der Waals surface area contributed by atoms with Gasteiger partial charge in [0.1, 0.15) is 11.6 Å². The van der Waals surface area contributed by atoms with Crippen LogP contribution in [0.2, 0.25) is 0 Å². The minimum absolute atomic E-state index is 0.0253.